The molecule has 28 heavy (non-hydrogen) atoms. The fourth-order valence-corrected chi connectivity index (χ4v) is 4.74. The summed E-state index contributed by atoms with van der Waals surface area (Å²) in [6.45, 7) is 8.93. The predicted octanol–water partition coefficient (Wildman–Crippen LogP) is 2.17. The van der Waals surface area contributed by atoms with Crippen molar-refractivity contribution in [2.75, 3.05) is 64.1 Å². The minimum atomic E-state index is 0.484. The maximum atomic E-state index is 5.49. The maximum Gasteiger partial charge on any atom is 0.155 e. The summed E-state index contributed by atoms with van der Waals surface area (Å²) >= 11 is 0. The molecule has 0 unspecified atom stereocenters. The first-order chi connectivity index (χ1) is 13.8. The van der Waals surface area contributed by atoms with Crippen molar-refractivity contribution in [3.05, 3.63) is 24.2 Å². The molecule has 0 atom stereocenters. The van der Waals surface area contributed by atoms with Crippen molar-refractivity contribution in [2.45, 2.75) is 31.6 Å². The summed E-state index contributed by atoms with van der Waals surface area (Å²) in [4.78, 5) is 9.83. The van der Waals surface area contributed by atoms with E-state index in [0.717, 1.165) is 82.8 Å². The summed E-state index contributed by atoms with van der Waals surface area (Å²) in [5.41, 5.74) is 2.16. The second kappa shape index (κ2) is 8.35. The highest BCUT2D eigenvalue weighted by atomic mass is 16.5. The second-order valence-corrected chi connectivity index (χ2v) is 8.39. The van der Waals surface area contributed by atoms with E-state index in [0.29, 0.717) is 5.92 Å². The molecule has 3 aliphatic heterocycles. The Balaban J connectivity index is 1.21. The van der Waals surface area contributed by atoms with Crippen LogP contribution in [0.5, 0.6) is 0 Å². The second-order valence-electron chi connectivity index (χ2n) is 8.39. The average Bonchev–Trinajstić information content (AvgIpc) is 3.19. The number of anilines is 1. The molecule has 0 aromatic carbocycles. The van der Waals surface area contributed by atoms with Crippen molar-refractivity contribution in [2.24, 2.45) is 5.92 Å². The molecule has 2 aromatic rings. The van der Waals surface area contributed by atoms with Crippen molar-refractivity contribution < 1.29 is 9.47 Å². The molecule has 0 amide bonds. The molecule has 5 heterocycles. The Hall–Kier alpha value is -1.70. The highest BCUT2D eigenvalue weighted by Gasteiger charge is 2.26. The van der Waals surface area contributed by atoms with E-state index in [9.17, 15) is 0 Å². The van der Waals surface area contributed by atoms with Crippen molar-refractivity contribution in [3.63, 3.8) is 0 Å². The Kier molecular flexibility index (Phi) is 5.47. The van der Waals surface area contributed by atoms with Crippen LogP contribution in [-0.2, 0) is 9.47 Å². The number of rotatable bonds is 4. The number of piperidine rings is 1. The minimum absolute atomic E-state index is 0.484. The summed E-state index contributed by atoms with van der Waals surface area (Å²) < 4.78 is 12.9. The molecule has 2 aromatic heterocycles. The lowest BCUT2D eigenvalue weighted by Crippen LogP contribution is -2.38. The molecule has 0 saturated carbocycles. The van der Waals surface area contributed by atoms with E-state index in [1.165, 1.54) is 25.1 Å². The summed E-state index contributed by atoms with van der Waals surface area (Å²) in [5.74, 6) is 2.32. The number of ether oxygens (including phenoxy) is 2. The molecule has 5 rings (SSSR count). The molecule has 0 aliphatic carbocycles. The summed E-state index contributed by atoms with van der Waals surface area (Å²) in [6.07, 6.45) is 6.89. The molecule has 3 aliphatic rings. The van der Waals surface area contributed by atoms with Gasteiger partial charge in [0.25, 0.3) is 0 Å². The van der Waals surface area contributed by atoms with Gasteiger partial charge in [0.05, 0.1) is 25.1 Å². The van der Waals surface area contributed by atoms with E-state index in [1.807, 2.05) is 4.52 Å². The molecule has 7 heteroatoms. The van der Waals surface area contributed by atoms with Crippen molar-refractivity contribution in [1.82, 2.24) is 19.5 Å². The fraction of sp³-hybridized carbons (Fsp3) is 0.714. The van der Waals surface area contributed by atoms with Gasteiger partial charge in [-0.25, -0.2) is 9.50 Å². The monoisotopic (exact) mass is 385 g/mol. The number of hydrogen-bond acceptors (Lipinski definition) is 6. The third-order valence-corrected chi connectivity index (χ3v) is 6.52. The van der Waals surface area contributed by atoms with Gasteiger partial charge in [-0.2, -0.15) is 5.10 Å². The smallest absolute Gasteiger partial charge is 0.155 e. The number of hydrogen-bond donors (Lipinski definition) is 0. The molecule has 0 N–H and O–H groups in total. The SMILES string of the molecule is c1cc2nc(C3CCN(CC4CCOCC4)CC3)nn2cc1N1CCOCC1. The molecule has 152 valence electrons. The Bertz CT molecular complexity index is 774. The van der Waals surface area contributed by atoms with Gasteiger partial charge in [-0.05, 0) is 56.8 Å². The van der Waals surface area contributed by atoms with Gasteiger partial charge in [0.1, 0.15) is 0 Å². The Morgan fingerprint density at radius 2 is 1.64 bits per heavy atom. The number of likely N-dealkylation sites (tertiary alicyclic amines) is 1. The molecule has 3 fully saturated rings. The lowest BCUT2D eigenvalue weighted by molar-refractivity contribution is 0.0486. The Labute approximate surface area is 166 Å². The van der Waals surface area contributed by atoms with Gasteiger partial charge in [-0.15, -0.1) is 0 Å². The van der Waals surface area contributed by atoms with Crippen molar-refractivity contribution in [3.8, 4) is 0 Å². The van der Waals surface area contributed by atoms with Gasteiger partial charge in [0.2, 0.25) is 0 Å². The predicted molar refractivity (Wildman–Crippen MR) is 108 cm³/mol. The summed E-state index contributed by atoms with van der Waals surface area (Å²) in [7, 11) is 0. The third-order valence-electron chi connectivity index (χ3n) is 6.52. The highest BCUT2D eigenvalue weighted by Crippen LogP contribution is 2.28. The van der Waals surface area contributed by atoms with Crippen LogP contribution in [0.1, 0.15) is 37.4 Å². The molecule has 0 spiro atoms. The zero-order valence-corrected chi connectivity index (χ0v) is 16.6. The molecule has 7 nitrogen and oxygen atoms in total. The van der Waals surface area contributed by atoms with Gasteiger partial charge in [0.15, 0.2) is 11.5 Å². The Morgan fingerprint density at radius 1 is 0.893 bits per heavy atom. The van der Waals surface area contributed by atoms with E-state index in [2.05, 4.69) is 28.1 Å². The lowest BCUT2D eigenvalue weighted by Gasteiger charge is -2.34. The van der Waals surface area contributed by atoms with Crippen LogP contribution < -0.4 is 4.90 Å². The molecule has 0 radical (unpaired) electrons. The first-order valence-electron chi connectivity index (χ1n) is 10.8. The number of aromatic nitrogens is 3. The lowest BCUT2D eigenvalue weighted by atomic mass is 9.93. The van der Waals surface area contributed by atoms with Gasteiger partial charge in [0, 0.05) is 38.8 Å². The standard InChI is InChI=1S/C21H31N5O2/c1-2-20-22-21(23-26(20)16-19(1)25-9-13-28-14-10-25)18-3-7-24(8-4-18)15-17-5-11-27-12-6-17/h1-2,16-18H,3-15H2. The topological polar surface area (TPSA) is 55.1 Å². The zero-order valence-electron chi connectivity index (χ0n) is 16.6. The fourth-order valence-electron chi connectivity index (χ4n) is 4.74. The van der Waals surface area contributed by atoms with Crippen LogP contribution in [0.3, 0.4) is 0 Å². The highest BCUT2D eigenvalue weighted by molar-refractivity contribution is 5.51. The summed E-state index contributed by atoms with van der Waals surface area (Å²) in [6, 6.07) is 4.26. The van der Waals surface area contributed by atoms with E-state index in [1.54, 1.807) is 0 Å². The number of fused-ring (bicyclic) bond motifs is 1. The van der Waals surface area contributed by atoms with Crippen LogP contribution in [0, 0.1) is 5.92 Å². The number of morpholine rings is 1. The third kappa shape index (κ3) is 4.02. The molecule has 0 bridgehead atoms. The van der Waals surface area contributed by atoms with Crippen molar-refractivity contribution >= 4 is 11.3 Å². The van der Waals surface area contributed by atoms with Gasteiger partial charge in [-0.3, -0.25) is 0 Å². The Morgan fingerprint density at radius 3 is 2.43 bits per heavy atom. The number of nitrogens with zero attached hydrogens (tertiary/aromatic N) is 5. The van der Waals surface area contributed by atoms with Crippen LogP contribution in [0.4, 0.5) is 5.69 Å². The van der Waals surface area contributed by atoms with Crippen LogP contribution in [0.2, 0.25) is 0 Å². The van der Waals surface area contributed by atoms with Crippen molar-refractivity contribution in [1.29, 1.82) is 0 Å². The first kappa shape index (κ1) is 18.3. The molecular weight excluding hydrogens is 354 g/mol. The van der Waals surface area contributed by atoms with Crippen LogP contribution in [0.25, 0.3) is 5.65 Å². The maximum absolute atomic E-state index is 5.49. The van der Waals surface area contributed by atoms with Crippen LogP contribution in [-0.4, -0.2) is 78.6 Å². The first-order valence-corrected chi connectivity index (χ1v) is 10.8. The van der Waals surface area contributed by atoms with Crippen LogP contribution in [0.15, 0.2) is 18.3 Å². The number of pyridine rings is 1. The van der Waals surface area contributed by atoms with E-state index in [-0.39, 0.29) is 0 Å². The van der Waals surface area contributed by atoms with E-state index >= 15 is 0 Å². The zero-order chi connectivity index (χ0) is 18.8. The van der Waals surface area contributed by atoms with Gasteiger partial charge in [-0.1, -0.05) is 0 Å². The van der Waals surface area contributed by atoms with Gasteiger partial charge < -0.3 is 19.3 Å². The van der Waals surface area contributed by atoms with E-state index in [4.69, 9.17) is 19.6 Å². The summed E-state index contributed by atoms with van der Waals surface area (Å²) in [5, 5.41) is 4.85. The van der Waals surface area contributed by atoms with Gasteiger partial charge >= 0.3 is 0 Å². The normalized spacial score (nSPS) is 23.5. The largest absolute Gasteiger partial charge is 0.381 e. The van der Waals surface area contributed by atoms with E-state index < -0.39 is 0 Å². The minimum Gasteiger partial charge on any atom is -0.381 e. The quantitative estimate of drug-likeness (QED) is 0.804. The van der Waals surface area contributed by atoms with Crippen LogP contribution >= 0.6 is 0 Å². The average molecular weight is 386 g/mol. The molecule has 3 saturated heterocycles. The molecular formula is C21H31N5O2.